The van der Waals surface area contributed by atoms with Crippen molar-refractivity contribution in [2.24, 2.45) is 0 Å². The van der Waals surface area contributed by atoms with Crippen molar-refractivity contribution >= 4 is 0 Å². The van der Waals surface area contributed by atoms with E-state index in [0.717, 1.165) is 18.6 Å². The lowest BCUT2D eigenvalue weighted by molar-refractivity contribution is 0.0630. The fourth-order valence-electron chi connectivity index (χ4n) is 2.30. The normalized spacial score (nSPS) is 14.4. The number of nitrogens with one attached hydrogen (secondary N) is 1. The molecular formula is C16H27NO2. The van der Waals surface area contributed by atoms with Crippen LogP contribution in [-0.2, 0) is 4.74 Å². The monoisotopic (exact) mass is 265 g/mol. The van der Waals surface area contributed by atoms with E-state index in [0.29, 0.717) is 0 Å². The highest BCUT2D eigenvalue weighted by atomic mass is 16.5. The Balaban J connectivity index is 2.80. The topological polar surface area (TPSA) is 30.5 Å². The second-order valence-electron chi connectivity index (χ2n) is 5.06. The average molecular weight is 265 g/mol. The minimum atomic E-state index is 0.201. The van der Waals surface area contributed by atoms with Crippen molar-refractivity contribution in [1.29, 1.82) is 0 Å². The van der Waals surface area contributed by atoms with E-state index in [2.05, 4.69) is 24.4 Å². The van der Waals surface area contributed by atoms with Crippen LogP contribution in [0.15, 0.2) is 24.3 Å². The molecule has 0 saturated carbocycles. The molecule has 0 radical (unpaired) electrons. The van der Waals surface area contributed by atoms with Gasteiger partial charge in [-0.1, -0.05) is 25.5 Å². The van der Waals surface area contributed by atoms with Crippen LogP contribution in [-0.4, -0.2) is 26.4 Å². The van der Waals surface area contributed by atoms with Gasteiger partial charge in [-0.25, -0.2) is 0 Å². The Kier molecular flexibility index (Phi) is 6.89. The molecule has 2 atom stereocenters. The molecule has 0 spiro atoms. The Labute approximate surface area is 117 Å². The minimum absolute atomic E-state index is 0.201. The van der Waals surface area contributed by atoms with Gasteiger partial charge in [0.2, 0.25) is 0 Å². The number of hydrogen-bond acceptors (Lipinski definition) is 3. The van der Waals surface area contributed by atoms with E-state index >= 15 is 0 Å². The van der Waals surface area contributed by atoms with Crippen molar-refractivity contribution in [3.8, 4) is 5.75 Å². The summed E-state index contributed by atoms with van der Waals surface area (Å²) in [5.74, 6) is 0.915. The largest absolute Gasteiger partial charge is 0.491 e. The summed E-state index contributed by atoms with van der Waals surface area (Å²) < 4.78 is 11.3. The molecule has 0 heterocycles. The maximum absolute atomic E-state index is 5.67. The number of ether oxygens (including phenoxy) is 2. The quantitative estimate of drug-likeness (QED) is 0.779. The predicted molar refractivity (Wildman–Crippen MR) is 79.7 cm³/mol. The lowest BCUT2D eigenvalue weighted by Gasteiger charge is -2.26. The van der Waals surface area contributed by atoms with Crippen LogP contribution in [0.1, 0.15) is 45.2 Å². The first-order chi connectivity index (χ1) is 9.12. The lowest BCUT2D eigenvalue weighted by Crippen LogP contribution is -2.30. The highest BCUT2D eigenvalue weighted by Crippen LogP contribution is 2.24. The first kappa shape index (κ1) is 16.0. The van der Waals surface area contributed by atoms with Crippen LogP contribution in [0.5, 0.6) is 5.75 Å². The highest BCUT2D eigenvalue weighted by molar-refractivity contribution is 5.30. The Bertz CT molecular complexity index is 348. The third-order valence-corrected chi connectivity index (χ3v) is 3.17. The number of benzene rings is 1. The van der Waals surface area contributed by atoms with Crippen LogP contribution in [0, 0.1) is 0 Å². The summed E-state index contributed by atoms with van der Waals surface area (Å²) in [5, 5.41) is 3.35. The summed E-state index contributed by atoms with van der Waals surface area (Å²) in [7, 11) is 3.76. The van der Waals surface area contributed by atoms with Gasteiger partial charge >= 0.3 is 0 Å². The van der Waals surface area contributed by atoms with Crippen LogP contribution in [0.3, 0.4) is 0 Å². The van der Waals surface area contributed by atoms with Gasteiger partial charge in [-0.05, 0) is 45.0 Å². The summed E-state index contributed by atoms with van der Waals surface area (Å²) in [6.45, 7) is 6.25. The van der Waals surface area contributed by atoms with E-state index in [1.165, 1.54) is 5.56 Å². The Morgan fingerprint density at radius 3 is 2.21 bits per heavy atom. The summed E-state index contributed by atoms with van der Waals surface area (Å²) in [6.07, 6.45) is 2.57. The van der Waals surface area contributed by atoms with E-state index in [1.807, 2.05) is 33.0 Å². The molecule has 19 heavy (non-hydrogen) atoms. The van der Waals surface area contributed by atoms with Gasteiger partial charge in [-0.3, -0.25) is 0 Å². The van der Waals surface area contributed by atoms with Crippen LogP contribution in [0.2, 0.25) is 0 Å². The zero-order valence-corrected chi connectivity index (χ0v) is 12.8. The highest BCUT2D eigenvalue weighted by Gasteiger charge is 2.20. The molecule has 108 valence electrons. The molecule has 1 aromatic rings. The number of likely N-dealkylation sites (N-methyl/N-ethyl adjacent to an activating group) is 1. The molecule has 0 amide bonds. The van der Waals surface area contributed by atoms with Gasteiger partial charge < -0.3 is 14.8 Å². The molecule has 1 N–H and O–H groups in total. The molecule has 0 saturated heterocycles. The van der Waals surface area contributed by atoms with Crippen molar-refractivity contribution in [2.45, 2.75) is 51.9 Å². The summed E-state index contributed by atoms with van der Waals surface area (Å²) >= 11 is 0. The first-order valence-corrected chi connectivity index (χ1v) is 7.09. The molecule has 0 fully saturated rings. The fourth-order valence-corrected chi connectivity index (χ4v) is 2.30. The Morgan fingerprint density at radius 1 is 1.16 bits per heavy atom. The van der Waals surface area contributed by atoms with Crippen LogP contribution in [0.25, 0.3) is 0 Å². The van der Waals surface area contributed by atoms with Crippen molar-refractivity contribution in [1.82, 2.24) is 5.32 Å². The number of hydrogen-bond donors (Lipinski definition) is 1. The SMILES string of the molecule is CCCC(OC)C(NC)c1ccc(OC(C)C)cc1. The van der Waals surface area contributed by atoms with E-state index < -0.39 is 0 Å². The minimum Gasteiger partial charge on any atom is -0.491 e. The molecule has 1 rings (SSSR count). The van der Waals surface area contributed by atoms with Crippen molar-refractivity contribution in [3.63, 3.8) is 0 Å². The standard InChI is InChI=1S/C16H27NO2/c1-6-7-15(18-5)16(17-4)13-8-10-14(11-9-13)19-12(2)3/h8-12,15-17H,6-7H2,1-5H3. The summed E-state index contributed by atoms with van der Waals surface area (Å²) in [4.78, 5) is 0. The molecule has 0 aliphatic heterocycles. The van der Waals surface area contributed by atoms with E-state index in [1.54, 1.807) is 7.11 Å². The summed E-state index contributed by atoms with van der Waals surface area (Å²) in [6, 6.07) is 8.50. The van der Waals surface area contributed by atoms with Gasteiger partial charge in [0.15, 0.2) is 0 Å². The molecule has 3 heteroatoms. The second kappa shape index (κ2) is 8.18. The summed E-state index contributed by atoms with van der Waals surface area (Å²) in [5.41, 5.74) is 1.24. The average Bonchev–Trinajstić information content (AvgIpc) is 2.39. The van der Waals surface area contributed by atoms with Crippen LogP contribution in [0.4, 0.5) is 0 Å². The smallest absolute Gasteiger partial charge is 0.119 e. The van der Waals surface area contributed by atoms with Crippen molar-refractivity contribution in [3.05, 3.63) is 29.8 Å². The zero-order chi connectivity index (χ0) is 14.3. The molecule has 0 aliphatic carbocycles. The Hall–Kier alpha value is -1.06. The van der Waals surface area contributed by atoms with E-state index in [-0.39, 0.29) is 18.2 Å². The third-order valence-electron chi connectivity index (χ3n) is 3.17. The number of rotatable bonds is 8. The number of methoxy groups -OCH3 is 1. The van der Waals surface area contributed by atoms with Crippen molar-refractivity contribution in [2.75, 3.05) is 14.2 Å². The van der Waals surface area contributed by atoms with Crippen molar-refractivity contribution < 1.29 is 9.47 Å². The van der Waals surface area contributed by atoms with E-state index in [9.17, 15) is 0 Å². The van der Waals surface area contributed by atoms with Gasteiger partial charge in [-0.15, -0.1) is 0 Å². The molecule has 1 aromatic carbocycles. The third kappa shape index (κ3) is 4.84. The first-order valence-electron chi connectivity index (χ1n) is 7.09. The zero-order valence-electron chi connectivity index (χ0n) is 12.8. The predicted octanol–water partition coefficient (Wildman–Crippen LogP) is 3.55. The van der Waals surface area contributed by atoms with Crippen LogP contribution >= 0.6 is 0 Å². The maximum atomic E-state index is 5.67. The van der Waals surface area contributed by atoms with Crippen LogP contribution < -0.4 is 10.1 Å². The van der Waals surface area contributed by atoms with E-state index in [4.69, 9.17) is 9.47 Å². The molecule has 2 unspecified atom stereocenters. The lowest BCUT2D eigenvalue weighted by atomic mass is 9.98. The van der Waals surface area contributed by atoms with Gasteiger partial charge in [-0.2, -0.15) is 0 Å². The molecular weight excluding hydrogens is 238 g/mol. The van der Waals surface area contributed by atoms with Gasteiger partial charge in [0.1, 0.15) is 5.75 Å². The molecule has 3 nitrogen and oxygen atoms in total. The van der Waals surface area contributed by atoms with Gasteiger partial charge in [0.05, 0.1) is 18.2 Å². The fraction of sp³-hybridized carbons (Fsp3) is 0.625. The van der Waals surface area contributed by atoms with Gasteiger partial charge in [0.25, 0.3) is 0 Å². The molecule has 0 aliphatic rings. The Morgan fingerprint density at radius 2 is 1.79 bits per heavy atom. The molecule has 0 bridgehead atoms. The van der Waals surface area contributed by atoms with Gasteiger partial charge in [0, 0.05) is 7.11 Å². The maximum Gasteiger partial charge on any atom is 0.119 e. The molecule has 0 aromatic heterocycles. The second-order valence-corrected chi connectivity index (χ2v) is 5.06.